The summed E-state index contributed by atoms with van der Waals surface area (Å²) in [5, 5.41) is 10.2. The normalized spacial score (nSPS) is 11.4. The molecule has 4 aromatic rings. The molecule has 0 saturated carbocycles. The van der Waals surface area contributed by atoms with Gasteiger partial charge in [-0.3, -0.25) is 4.79 Å². The van der Waals surface area contributed by atoms with E-state index < -0.39 is 6.10 Å². The van der Waals surface area contributed by atoms with Crippen LogP contribution in [0.4, 0.5) is 8.78 Å². The maximum Gasteiger partial charge on any atom is 0.163 e. The van der Waals surface area contributed by atoms with Gasteiger partial charge < -0.3 is 5.11 Å². The lowest BCUT2D eigenvalue weighted by Gasteiger charge is -2.14. The number of halogens is 4. The molecule has 198 valence electrons. The van der Waals surface area contributed by atoms with E-state index in [0.29, 0.717) is 36.8 Å². The van der Waals surface area contributed by atoms with Crippen molar-refractivity contribution >= 4 is 37.6 Å². The third-order valence-corrected chi connectivity index (χ3v) is 7.30. The molecular weight excluding hydrogens is 614 g/mol. The Bertz CT molecular complexity index is 1390. The van der Waals surface area contributed by atoms with Gasteiger partial charge in [0, 0.05) is 20.9 Å². The molecular formula is C32H30Br2F2O2. The summed E-state index contributed by atoms with van der Waals surface area (Å²) in [6, 6.07) is 24.9. The van der Waals surface area contributed by atoms with Gasteiger partial charge in [0.25, 0.3) is 0 Å². The second-order valence-corrected chi connectivity index (χ2v) is 11.0. The molecule has 1 N–H and O–H groups in total. The zero-order valence-electron chi connectivity index (χ0n) is 21.4. The number of aliphatic hydroxyl groups excluding tert-OH is 1. The van der Waals surface area contributed by atoms with Crippen molar-refractivity contribution in [3.05, 3.63) is 139 Å². The van der Waals surface area contributed by atoms with Crippen molar-refractivity contribution in [3.63, 3.8) is 0 Å². The molecule has 38 heavy (non-hydrogen) atoms. The third kappa shape index (κ3) is 8.69. The molecule has 0 spiro atoms. The fraction of sp³-hybridized carbons (Fsp3) is 0.219. The highest BCUT2D eigenvalue weighted by Crippen LogP contribution is 2.24. The summed E-state index contributed by atoms with van der Waals surface area (Å²) in [4.78, 5) is 12.1. The van der Waals surface area contributed by atoms with Crippen molar-refractivity contribution in [1.82, 2.24) is 0 Å². The van der Waals surface area contributed by atoms with E-state index in [1.807, 2.05) is 62.4 Å². The quantitative estimate of drug-likeness (QED) is 0.194. The molecule has 0 radical (unpaired) electrons. The number of Topliss-reactive ketones (excluding diaryl/α,β-unsaturated/α-hetero) is 1. The highest BCUT2D eigenvalue weighted by atomic mass is 79.9. The average Bonchev–Trinajstić information content (AvgIpc) is 2.90. The predicted molar refractivity (Wildman–Crippen MR) is 156 cm³/mol. The first-order valence-electron chi connectivity index (χ1n) is 12.4. The zero-order valence-corrected chi connectivity index (χ0v) is 24.5. The van der Waals surface area contributed by atoms with Crippen molar-refractivity contribution in [3.8, 4) is 0 Å². The minimum atomic E-state index is -0.556. The molecule has 0 aliphatic carbocycles. The van der Waals surface area contributed by atoms with Crippen LogP contribution in [0.3, 0.4) is 0 Å². The minimum Gasteiger partial charge on any atom is -0.388 e. The van der Waals surface area contributed by atoms with Gasteiger partial charge in [0.1, 0.15) is 11.6 Å². The van der Waals surface area contributed by atoms with Crippen LogP contribution >= 0.6 is 31.9 Å². The van der Waals surface area contributed by atoms with E-state index >= 15 is 0 Å². The molecule has 0 bridgehead atoms. The molecule has 0 unspecified atom stereocenters. The SMILES string of the molecule is Cc1ccccc1C(=O)CCc1cc(Br)ccc1F.Cc1ccccc1[C@@H](O)CCc1cc(Br)ccc1F. The lowest BCUT2D eigenvalue weighted by atomic mass is 9.98. The van der Waals surface area contributed by atoms with Crippen LogP contribution in [0.5, 0.6) is 0 Å². The molecule has 0 amide bonds. The van der Waals surface area contributed by atoms with E-state index in [-0.39, 0.29) is 17.4 Å². The Labute approximate surface area is 240 Å². The Hall–Kier alpha value is -2.67. The second kappa shape index (κ2) is 14.5. The van der Waals surface area contributed by atoms with E-state index in [9.17, 15) is 18.7 Å². The van der Waals surface area contributed by atoms with E-state index in [0.717, 1.165) is 31.2 Å². The predicted octanol–water partition coefficient (Wildman–Crippen LogP) is 9.27. The van der Waals surface area contributed by atoms with Crippen molar-refractivity contribution in [2.24, 2.45) is 0 Å². The van der Waals surface area contributed by atoms with Gasteiger partial charge in [-0.25, -0.2) is 8.78 Å². The number of carbonyl (C=O) groups is 1. The van der Waals surface area contributed by atoms with Crippen LogP contribution in [0.25, 0.3) is 0 Å². The maximum atomic E-state index is 13.6. The van der Waals surface area contributed by atoms with Gasteiger partial charge in [0.2, 0.25) is 0 Å². The van der Waals surface area contributed by atoms with Crippen LogP contribution in [0.15, 0.2) is 93.9 Å². The molecule has 1 atom stereocenters. The Balaban J connectivity index is 0.000000211. The molecule has 0 fully saturated rings. The van der Waals surface area contributed by atoms with Crippen molar-refractivity contribution in [2.75, 3.05) is 0 Å². The maximum absolute atomic E-state index is 13.6. The molecule has 2 nitrogen and oxygen atoms in total. The summed E-state index contributed by atoms with van der Waals surface area (Å²) in [6.45, 7) is 3.88. The van der Waals surface area contributed by atoms with Crippen LogP contribution in [0.2, 0.25) is 0 Å². The first kappa shape index (κ1) is 29.9. The average molecular weight is 644 g/mol. The summed E-state index contributed by atoms with van der Waals surface area (Å²) >= 11 is 6.64. The summed E-state index contributed by atoms with van der Waals surface area (Å²) < 4.78 is 28.9. The molecule has 0 aliphatic heterocycles. The van der Waals surface area contributed by atoms with Crippen LogP contribution in [0, 0.1) is 25.5 Å². The molecule has 0 heterocycles. The minimum absolute atomic E-state index is 0.0532. The monoisotopic (exact) mass is 642 g/mol. The zero-order chi connectivity index (χ0) is 27.7. The number of rotatable bonds is 8. The number of ketones is 1. The topological polar surface area (TPSA) is 37.3 Å². The number of hydrogen-bond acceptors (Lipinski definition) is 2. The first-order valence-corrected chi connectivity index (χ1v) is 13.9. The van der Waals surface area contributed by atoms with Crippen molar-refractivity contribution < 1.29 is 18.7 Å². The summed E-state index contributed by atoms with van der Waals surface area (Å²) in [7, 11) is 0. The van der Waals surface area contributed by atoms with Crippen LogP contribution in [-0.2, 0) is 12.8 Å². The lowest BCUT2D eigenvalue weighted by molar-refractivity contribution is 0.0982. The van der Waals surface area contributed by atoms with E-state index in [4.69, 9.17) is 0 Å². The van der Waals surface area contributed by atoms with Gasteiger partial charge in [0.05, 0.1) is 6.10 Å². The summed E-state index contributed by atoms with van der Waals surface area (Å²) in [5.41, 5.74) is 4.85. The highest BCUT2D eigenvalue weighted by molar-refractivity contribution is 9.10. The number of aryl methyl sites for hydroxylation is 4. The Morgan fingerprint density at radius 1 is 0.763 bits per heavy atom. The molecule has 0 aliphatic rings. The lowest BCUT2D eigenvalue weighted by Crippen LogP contribution is -2.04. The molecule has 0 aromatic heterocycles. The smallest absolute Gasteiger partial charge is 0.163 e. The van der Waals surface area contributed by atoms with E-state index in [2.05, 4.69) is 31.9 Å². The first-order chi connectivity index (χ1) is 18.2. The standard InChI is InChI=1S/C16H16BrFO.C16H14BrFO/c2*1-11-4-2-3-5-14(11)16(19)9-6-12-10-13(17)7-8-15(12)18/h2-5,7-8,10,16,19H,6,9H2,1H3;2-5,7-8,10H,6,9H2,1H3/t16-;/m0./s1. The third-order valence-electron chi connectivity index (χ3n) is 6.32. The summed E-state index contributed by atoms with van der Waals surface area (Å²) in [5.74, 6) is -0.432. The highest BCUT2D eigenvalue weighted by Gasteiger charge is 2.12. The van der Waals surface area contributed by atoms with Crippen molar-refractivity contribution in [2.45, 2.75) is 45.6 Å². The largest absolute Gasteiger partial charge is 0.388 e. The summed E-state index contributed by atoms with van der Waals surface area (Å²) in [6.07, 6.45) is 1.20. The number of benzene rings is 4. The Kier molecular flexibility index (Phi) is 11.4. The van der Waals surface area contributed by atoms with E-state index in [1.54, 1.807) is 24.3 Å². The fourth-order valence-electron chi connectivity index (χ4n) is 4.15. The molecule has 0 saturated heterocycles. The van der Waals surface area contributed by atoms with E-state index in [1.165, 1.54) is 12.1 Å². The fourth-order valence-corrected chi connectivity index (χ4v) is 4.96. The van der Waals surface area contributed by atoms with Crippen LogP contribution in [0.1, 0.15) is 57.1 Å². The van der Waals surface area contributed by atoms with Gasteiger partial charge in [0.15, 0.2) is 5.78 Å². The van der Waals surface area contributed by atoms with Gasteiger partial charge in [-0.05, 0) is 97.3 Å². The van der Waals surface area contributed by atoms with Gasteiger partial charge in [-0.2, -0.15) is 0 Å². The molecule has 4 aromatic carbocycles. The molecule has 4 rings (SSSR count). The number of aliphatic hydroxyl groups is 1. The van der Waals surface area contributed by atoms with Crippen LogP contribution < -0.4 is 0 Å². The second-order valence-electron chi connectivity index (χ2n) is 9.12. The van der Waals surface area contributed by atoms with Gasteiger partial charge in [-0.1, -0.05) is 80.4 Å². The Morgan fingerprint density at radius 2 is 1.29 bits per heavy atom. The van der Waals surface area contributed by atoms with Crippen LogP contribution in [-0.4, -0.2) is 10.9 Å². The van der Waals surface area contributed by atoms with Gasteiger partial charge in [-0.15, -0.1) is 0 Å². The number of hydrogen-bond donors (Lipinski definition) is 1. The number of carbonyl (C=O) groups excluding carboxylic acids is 1. The molecule has 6 heteroatoms. The van der Waals surface area contributed by atoms with Crippen molar-refractivity contribution in [1.29, 1.82) is 0 Å². The Morgan fingerprint density at radius 3 is 1.87 bits per heavy atom. The van der Waals surface area contributed by atoms with Gasteiger partial charge >= 0.3 is 0 Å².